The van der Waals surface area contributed by atoms with Crippen molar-refractivity contribution in [2.75, 3.05) is 0 Å². The molecule has 1 spiro atoms. The van der Waals surface area contributed by atoms with E-state index < -0.39 is 5.54 Å². The first-order valence-electron chi connectivity index (χ1n) is 9.36. The van der Waals surface area contributed by atoms with Gasteiger partial charge in [-0.1, -0.05) is 54.6 Å². The smallest absolute Gasteiger partial charge is 0.325 e. The van der Waals surface area contributed by atoms with E-state index in [4.69, 9.17) is 4.42 Å². The molecule has 1 aliphatic heterocycles. The molecule has 1 unspecified atom stereocenters. The number of aryl methyl sites for hydroxylation is 1. The zero-order valence-corrected chi connectivity index (χ0v) is 15.2. The maximum Gasteiger partial charge on any atom is 0.325 e. The van der Waals surface area contributed by atoms with E-state index in [1.54, 1.807) is 6.20 Å². The molecule has 6 nitrogen and oxygen atoms in total. The van der Waals surface area contributed by atoms with Crippen molar-refractivity contribution < 1.29 is 14.0 Å². The number of hydrogen-bond donors (Lipinski definition) is 1. The van der Waals surface area contributed by atoms with Crippen LogP contribution in [-0.2, 0) is 24.2 Å². The Balaban J connectivity index is 1.37. The van der Waals surface area contributed by atoms with Crippen molar-refractivity contribution in [1.29, 1.82) is 0 Å². The summed E-state index contributed by atoms with van der Waals surface area (Å²) < 4.78 is 5.78. The van der Waals surface area contributed by atoms with Crippen LogP contribution in [0.3, 0.4) is 0 Å². The van der Waals surface area contributed by atoms with Gasteiger partial charge in [0.1, 0.15) is 12.1 Å². The molecule has 0 bridgehead atoms. The number of benzene rings is 2. The number of amides is 3. The second-order valence-corrected chi connectivity index (χ2v) is 7.33. The summed E-state index contributed by atoms with van der Waals surface area (Å²) in [5, 5.41) is 2.94. The standard InChI is InChI=1S/C22H19N3O3/c26-20-22(11-10-15-6-4-5-9-17(15)12-22)24-21(27)25(20)14-19-23-13-18(28-19)16-7-2-1-3-8-16/h1-9,13H,10-12,14H2,(H,24,27). The summed E-state index contributed by atoms with van der Waals surface area (Å²) in [7, 11) is 0. The normalized spacial score (nSPS) is 21.1. The Morgan fingerprint density at radius 1 is 1.04 bits per heavy atom. The highest BCUT2D eigenvalue weighted by molar-refractivity contribution is 6.07. The van der Waals surface area contributed by atoms with Crippen molar-refractivity contribution in [3.8, 4) is 11.3 Å². The van der Waals surface area contributed by atoms with Crippen molar-refractivity contribution in [2.45, 2.75) is 31.3 Å². The van der Waals surface area contributed by atoms with Gasteiger partial charge in [0.15, 0.2) is 5.76 Å². The second-order valence-electron chi connectivity index (χ2n) is 7.33. The number of rotatable bonds is 3. The Morgan fingerprint density at radius 2 is 1.79 bits per heavy atom. The van der Waals surface area contributed by atoms with Crippen LogP contribution in [0, 0.1) is 0 Å². The molecule has 0 saturated carbocycles. The van der Waals surface area contributed by atoms with Gasteiger partial charge in [0, 0.05) is 12.0 Å². The van der Waals surface area contributed by atoms with E-state index >= 15 is 0 Å². The SMILES string of the molecule is O=C1NC2(CCc3ccccc3C2)C(=O)N1Cc1ncc(-c2ccccc2)o1. The van der Waals surface area contributed by atoms with Crippen LogP contribution in [0.5, 0.6) is 0 Å². The van der Waals surface area contributed by atoms with Gasteiger partial charge < -0.3 is 9.73 Å². The number of aromatic nitrogens is 1. The van der Waals surface area contributed by atoms with Crippen LogP contribution in [0.1, 0.15) is 23.4 Å². The third-order valence-corrected chi connectivity index (χ3v) is 5.58. The monoisotopic (exact) mass is 373 g/mol. The van der Waals surface area contributed by atoms with Crippen LogP contribution < -0.4 is 5.32 Å². The van der Waals surface area contributed by atoms with Crippen molar-refractivity contribution in [2.24, 2.45) is 0 Å². The number of fused-ring (bicyclic) bond motifs is 1. The van der Waals surface area contributed by atoms with Gasteiger partial charge in [-0.15, -0.1) is 0 Å². The summed E-state index contributed by atoms with van der Waals surface area (Å²) in [6.45, 7) is 0.0287. The Labute approximate surface area is 162 Å². The molecule has 1 fully saturated rings. The molecule has 2 aromatic carbocycles. The summed E-state index contributed by atoms with van der Waals surface area (Å²) in [6, 6.07) is 17.3. The lowest BCUT2D eigenvalue weighted by Crippen LogP contribution is -2.51. The number of hydrogen-bond acceptors (Lipinski definition) is 4. The molecule has 28 heavy (non-hydrogen) atoms. The molecule has 140 valence electrons. The van der Waals surface area contributed by atoms with Crippen LogP contribution in [0.4, 0.5) is 4.79 Å². The Bertz CT molecular complexity index is 1060. The molecule has 1 atom stereocenters. The fourth-order valence-electron chi connectivity index (χ4n) is 4.10. The molecule has 3 amide bonds. The predicted molar refractivity (Wildman–Crippen MR) is 102 cm³/mol. The predicted octanol–water partition coefficient (Wildman–Crippen LogP) is 3.32. The van der Waals surface area contributed by atoms with Crippen LogP contribution in [0.2, 0.25) is 0 Å². The van der Waals surface area contributed by atoms with E-state index in [0.717, 1.165) is 17.5 Å². The molecular weight excluding hydrogens is 354 g/mol. The fourth-order valence-corrected chi connectivity index (χ4v) is 4.10. The summed E-state index contributed by atoms with van der Waals surface area (Å²) in [5.41, 5.74) is 2.40. The Morgan fingerprint density at radius 3 is 2.61 bits per heavy atom. The van der Waals surface area contributed by atoms with Gasteiger partial charge >= 0.3 is 6.03 Å². The maximum absolute atomic E-state index is 13.2. The highest BCUT2D eigenvalue weighted by Gasteiger charge is 2.52. The van der Waals surface area contributed by atoms with Crippen molar-refractivity contribution in [1.82, 2.24) is 15.2 Å². The van der Waals surface area contributed by atoms with Gasteiger partial charge in [-0.3, -0.25) is 9.69 Å². The lowest BCUT2D eigenvalue weighted by Gasteiger charge is -2.32. The molecule has 6 heteroatoms. The summed E-state index contributed by atoms with van der Waals surface area (Å²) >= 11 is 0. The molecule has 3 aromatic rings. The van der Waals surface area contributed by atoms with Gasteiger partial charge in [0.05, 0.1) is 6.20 Å². The third-order valence-electron chi connectivity index (χ3n) is 5.58. The van der Waals surface area contributed by atoms with Crippen molar-refractivity contribution in [3.05, 3.63) is 77.8 Å². The number of imide groups is 1. The van der Waals surface area contributed by atoms with Gasteiger partial charge in [-0.05, 0) is 24.0 Å². The zero-order valence-electron chi connectivity index (χ0n) is 15.2. The van der Waals surface area contributed by atoms with E-state index in [9.17, 15) is 9.59 Å². The third kappa shape index (κ3) is 2.69. The van der Waals surface area contributed by atoms with Crippen molar-refractivity contribution in [3.63, 3.8) is 0 Å². The van der Waals surface area contributed by atoms with Crippen LogP contribution >= 0.6 is 0 Å². The van der Waals surface area contributed by atoms with Gasteiger partial charge in [0.2, 0.25) is 5.89 Å². The summed E-state index contributed by atoms with van der Waals surface area (Å²) in [4.78, 5) is 31.2. The minimum absolute atomic E-state index is 0.0287. The number of carbonyl (C=O) groups is 2. The molecule has 0 radical (unpaired) electrons. The zero-order chi connectivity index (χ0) is 19.1. The van der Waals surface area contributed by atoms with E-state index in [1.165, 1.54) is 10.5 Å². The van der Waals surface area contributed by atoms with E-state index in [0.29, 0.717) is 24.5 Å². The Hall–Kier alpha value is -3.41. The minimum Gasteiger partial charge on any atom is -0.439 e. The molecule has 2 heterocycles. The second kappa shape index (κ2) is 6.34. The average Bonchev–Trinajstić information content (AvgIpc) is 3.28. The number of nitrogens with zero attached hydrogens (tertiary/aromatic N) is 2. The lowest BCUT2D eigenvalue weighted by molar-refractivity contribution is -0.132. The quantitative estimate of drug-likeness (QED) is 0.715. The number of carbonyl (C=O) groups excluding carboxylic acids is 2. The minimum atomic E-state index is -0.861. The highest BCUT2D eigenvalue weighted by atomic mass is 16.4. The Kier molecular flexibility index (Phi) is 3.79. The van der Waals surface area contributed by atoms with E-state index in [-0.39, 0.29) is 18.5 Å². The van der Waals surface area contributed by atoms with Gasteiger partial charge in [-0.2, -0.15) is 0 Å². The molecular formula is C22H19N3O3. The van der Waals surface area contributed by atoms with Crippen LogP contribution in [-0.4, -0.2) is 27.4 Å². The average molecular weight is 373 g/mol. The highest BCUT2D eigenvalue weighted by Crippen LogP contribution is 2.34. The topological polar surface area (TPSA) is 75.4 Å². The molecule has 1 aliphatic carbocycles. The van der Waals surface area contributed by atoms with Crippen LogP contribution in [0.15, 0.2) is 65.2 Å². The van der Waals surface area contributed by atoms with Gasteiger partial charge in [0.25, 0.3) is 5.91 Å². The fraction of sp³-hybridized carbons (Fsp3) is 0.227. The van der Waals surface area contributed by atoms with Gasteiger partial charge in [-0.25, -0.2) is 9.78 Å². The first kappa shape index (κ1) is 16.7. The van der Waals surface area contributed by atoms with Crippen LogP contribution in [0.25, 0.3) is 11.3 Å². The van der Waals surface area contributed by atoms with E-state index in [1.807, 2.05) is 48.5 Å². The number of nitrogens with one attached hydrogen (secondary N) is 1. The number of oxazole rings is 1. The first-order chi connectivity index (χ1) is 13.6. The van der Waals surface area contributed by atoms with Crippen molar-refractivity contribution >= 4 is 11.9 Å². The molecule has 2 aliphatic rings. The molecule has 1 aromatic heterocycles. The van der Waals surface area contributed by atoms with E-state index in [2.05, 4.69) is 16.4 Å². The molecule has 1 saturated heterocycles. The first-order valence-corrected chi connectivity index (χ1v) is 9.36. The summed E-state index contributed by atoms with van der Waals surface area (Å²) in [6.07, 6.45) is 3.51. The molecule has 1 N–H and O–H groups in total. The number of urea groups is 1. The molecule has 5 rings (SSSR count). The summed E-state index contributed by atoms with van der Waals surface area (Å²) in [5.74, 6) is 0.756. The maximum atomic E-state index is 13.2. The largest absolute Gasteiger partial charge is 0.439 e. The lowest BCUT2D eigenvalue weighted by atomic mass is 9.78.